The molecule has 0 unspecified atom stereocenters. The quantitative estimate of drug-likeness (QED) is 0.188. The van der Waals surface area contributed by atoms with E-state index in [0.29, 0.717) is 22.1 Å². The number of fused-ring (bicyclic) bond motifs is 1. The first-order valence-electron chi connectivity index (χ1n) is 12.8. The lowest BCUT2D eigenvalue weighted by Gasteiger charge is -2.16. The van der Waals surface area contributed by atoms with E-state index >= 15 is 0 Å². The fraction of sp³-hybridized carbons (Fsp3) is 0.0625. The van der Waals surface area contributed by atoms with Gasteiger partial charge in [0.15, 0.2) is 0 Å². The fourth-order valence-electron chi connectivity index (χ4n) is 4.72. The monoisotopic (exact) mass is 543 g/mol. The van der Waals surface area contributed by atoms with Gasteiger partial charge in [-0.2, -0.15) is 9.78 Å². The van der Waals surface area contributed by atoms with E-state index in [0.717, 1.165) is 26.9 Å². The number of nitrogens with one attached hydrogen (secondary N) is 2. The van der Waals surface area contributed by atoms with E-state index in [2.05, 4.69) is 20.6 Å². The summed E-state index contributed by atoms with van der Waals surface area (Å²) in [5.74, 6) is -0.849. The summed E-state index contributed by atoms with van der Waals surface area (Å²) in [5, 5.41) is 8.20. The van der Waals surface area contributed by atoms with E-state index in [1.54, 1.807) is 6.92 Å². The number of amides is 1. The summed E-state index contributed by atoms with van der Waals surface area (Å²) in [7, 11) is 0. The minimum absolute atomic E-state index is 0.292. The SMILES string of the molecule is C/C(=N\NC(=O)C(c1ccccc1)c1ccccc1)c1c(-c2ccccc2)[nH]n(-c2nc3ccccc3s2)c1=O. The molecular formula is C32H25N5O2S. The molecule has 40 heavy (non-hydrogen) atoms. The number of hydrogen-bond donors (Lipinski definition) is 2. The van der Waals surface area contributed by atoms with Gasteiger partial charge in [0.1, 0.15) is 0 Å². The Kier molecular flexibility index (Phi) is 6.91. The molecule has 4 aromatic carbocycles. The maximum absolute atomic E-state index is 13.8. The lowest BCUT2D eigenvalue weighted by molar-refractivity contribution is -0.121. The number of hydrogen-bond acceptors (Lipinski definition) is 5. The molecule has 196 valence electrons. The maximum atomic E-state index is 13.8. The third-order valence-corrected chi connectivity index (χ3v) is 7.67. The standard InChI is InChI=1S/C32H25N5O2S/c1-21(34-35-30(38)28(22-13-5-2-6-14-22)23-15-7-3-8-16-23)27-29(24-17-9-4-10-18-24)36-37(31(27)39)32-33-25-19-11-12-20-26(25)40-32/h2-20,28,36H,1H3,(H,35,38)/b34-21+. The van der Waals surface area contributed by atoms with Gasteiger partial charge in [-0.05, 0) is 30.2 Å². The van der Waals surface area contributed by atoms with Crippen molar-refractivity contribution in [2.45, 2.75) is 12.8 Å². The van der Waals surface area contributed by atoms with Crippen LogP contribution < -0.4 is 11.0 Å². The largest absolute Gasteiger partial charge is 0.288 e. The molecule has 6 aromatic rings. The van der Waals surface area contributed by atoms with Crippen molar-refractivity contribution >= 4 is 33.2 Å². The summed E-state index contributed by atoms with van der Waals surface area (Å²) in [6.07, 6.45) is 0. The third-order valence-electron chi connectivity index (χ3n) is 6.65. The van der Waals surface area contributed by atoms with Gasteiger partial charge in [-0.25, -0.2) is 10.4 Å². The second kappa shape index (κ2) is 11.0. The van der Waals surface area contributed by atoms with Gasteiger partial charge in [0.05, 0.1) is 33.1 Å². The van der Waals surface area contributed by atoms with Crippen LogP contribution in [0, 0.1) is 0 Å². The summed E-state index contributed by atoms with van der Waals surface area (Å²) in [5.41, 5.74) is 7.12. The van der Waals surface area contributed by atoms with Gasteiger partial charge in [0.25, 0.3) is 11.5 Å². The summed E-state index contributed by atoms with van der Waals surface area (Å²) >= 11 is 1.42. The van der Waals surface area contributed by atoms with Crippen molar-refractivity contribution in [3.63, 3.8) is 0 Å². The summed E-state index contributed by atoms with van der Waals surface area (Å²) in [4.78, 5) is 32.0. The molecule has 2 aromatic heterocycles. The molecule has 0 fully saturated rings. The van der Waals surface area contributed by atoms with Gasteiger partial charge >= 0.3 is 0 Å². The first-order valence-corrected chi connectivity index (χ1v) is 13.6. The fourth-order valence-corrected chi connectivity index (χ4v) is 5.65. The highest BCUT2D eigenvalue weighted by Crippen LogP contribution is 2.27. The van der Waals surface area contributed by atoms with Gasteiger partial charge in [0.2, 0.25) is 5.13 Å². The predicted molar refractivity (Wildman–Crippen MR) is 160 cm³/mol. The van der Waals surface area contributed by atoms with E-state index < -0.39 is 5.92 Å². The van der Waals surface area contributed by atoms with Crippen LogP contribution in [0.5, 0.6) is 0 Å². The Morgan fingerprint density at radius 1 is 0.850 bits per heavy atom. The molecule has 0 aliphatic carbocycles. The highest BCUT2D eigenvalue weighted by Gasteiger charge is 2.24. The van der Waals surface area contributed by atoms with Crippen LogP contribution in [0.1, 0.15) is 29.5 Å². The van der Waals surface area contributed by atoms with Crippen molar-refractivity contribution in [1.29, 1.82) is 0 Å². The third kappa shape index (κ3) is 4.88. The molecule has 0 aliphatic rings. The van der Waals surface area contributed by atoms with Gasteiger partial charge in [-0.1, -0.05) is 114 Å². The van der Waals surface area contributed by atoms with Crippen molar-refractivity contribution in [1.82, 2.24) is 20.2 Å². The molecule has 0 spiro atoms. The normalized spacial score (nSPS) is 11.7. The summed E-state index contributed by atoms with van der Waals surface area (Å²) in [6, 6.07) is 36.5. The average Bonchev–Trinajstić information content (AvgIpc) is 3.58. The highest BCUT2D eigenvalue weighted by atomic mass is 32.1. The lowest BCUT2D eigenvalue weighted by Crippen LogP contribution is -2.28. The zero-order chi connectivity index (χ0) is 27.5. The Labute approximate surface area is 234 Å². The molecule has 0 radical (unpaired) electrons. The van der Waals surface area contributed by atoms with Gasteiger partial charge < -0.3 is 0 Å². The average molecular weight is 544 g/mol. The molecular weight excluding hydrogens is 518 g/mol. The number of rotatable bonds is 7. The molecule has 0 saturated carbocycles. The van der Waals surface area contributed by atoms with Crippen molar-refractivity contribution in [2.24, 2.45) is 5.10 Å². The molecule has 0 atom stereocenters. The highest BCUT2D eigenvalue weighted by molar-refractivity contribution is 7.20. The topological polar surface area (TPSA) is 92.1 Å². The number of nitrogens with zero attached hydrogens (tertiary/aromatic N) is 3. The predicted octanol–water partition coefficient (Wildman–Crippen LogP) is 6.11. The number of H-pyrrole nitrogens is 1. The Balaban J connectivity index is 1.40. The number of hydrazone groups is 1. The van der Waals surface area contributed by atoms with E-state index in [9.17, 15) is 9.59 Å². The van der Waals surface area contributed by atoms with Crippen LogP contribution >= 0.6 is 11.3 Å². The van der Waals surface area contributed by atoms with Crippen LogP contribution in [0.3, 0.4) is 0 Å². The smallest absolute Gasteiger partial charge is 0.283 e. The number of aromatic nitrogens is 3. The first kappa shape index (κ1) is 25.2. The van der Waals surface area contributed by atoms with Crippen molar-refractivity contribution in [3.05, 3.63) is 142 Å². The van der Waals surface area contributed by atoms with E-state index in [4.69, 9.17) is 0 Å². The first-order chi connectivity index (χ1) is 19.6. The number of thiazole rings is 1. The second-order valence-electron chi connectivity index (χ2n) is 9.26. The van der Waals surface area contributed by atoms with Crippen molar-refractivity contribution in [2.75, 3.05) is 0 Å². The van der Waals surface area contributed by atoms with E-state index in [1.807, 2.05) is 115 Å². The number of carbonyl (C=O) groups excluding carboxylic acids is 1. The molecule has 0 saturated heterocycles. The molecule has 0 aliphatic heterocycles. The molecule has 2 N–H and O–H groups in total. The van der Waals surface area contributed by atoms with Crippen LogP contribution in [0.25, 0.3) is 26.6 Å². The number of para-hydroxylation sites is 1. The Bertz CT molecular complexity index is 1800. The van der Waals surface area contributed by atoms with Gasteiger partial charge in [0, 0.05) is 5.56 Å². The zero-order valence-electron chi connectivity index (χ0n) is 21.6. The molecule has 2 heterocycles. The Morgan fingerprint density at radius 2 is 1.43 bits per heavy atom. The maximum Gasteiger partial charge on any atom is 0.283 e. The van der Waals surface area contributed by atoms with Crippen LogP contribution in [0.4, 0.5) is 0 Å². The second-order valence-corrected chi connectivity index (χ2v) is 10.3. The minimum atomic E-state index is -0.557. The minimum Gasteiger partial charge on any atom is -0.288 e. The molecule has 1 amide bonds. The Hall–Kier alpha value is -5.08. The summed E-state index contributed by atoms with van der Waals surface area (Å²) < 4.78 is 2.42. The zero-order valence-corrected chi connectivity index (χ0v) is 22.4. The van der Waals surface area contributed by atoms with E-state index in [1.165, 1.54) is 16.0 Å². The molecule has 0 bridgehead atoms. The Morgan fingerprint density at radius 3 is 2.05 bits per heavy atom. The van der Waals surface area contributed by atoms with Gasteiger partial charge in [-0.3, -0.25) is 14.7 Å². The number of benzene rings is 4. The molecule has 7 nitrogen and oxygen atoms in total. The van der Waals surface area contributed by atoms with Crippen LogP contribution in [0.2, 0.25) is 0 Å². The van der Waals surface area contributed by atoms with Crippen LogP contribution in [-0.4, -0.2) is 26.4 Å². The summed E-state index contributed by atoms with van der Waals surface area (Å²) in [6.45, 7) is 1.72. The van der Waals surface area contributed by atoms with Crippen LogP contribution in [-0.2, 0) is 4.79 Å². The number of carbonyl (C=O) groups is 1. The lowest BCUT2D eigenvalue weighted by atomic mass is 9.91. The van der Waals surface area contributed by atoms with E-state index in [-0.39, 0.29) is 11.5 Å². The molecule has 8 heteroatoms. The number of aromatic amines is 1. The van der Waals surface area contributed by atoms with Crippen LogP contribution in [0.15, 0.2) is 125 Å². The molecule has 6 rings (SSSR count). The van der Waals surface area contributed by atoms with Gasteiger partial charge in [-0.15, -0.1) is 0 Å². The van der Waals surface area contributed by atoms with Crippen molar-refractivity contribution < 1.29 is 4.79 Å². The van der Waals surface area contributed by atoms with Crippen molar-refractivity contribution in [3.8, 4) is 16.4 Å².